The normalized spacial score (nSPS) is 9.84. The van der Waals surface area contributed by atoms with Crippen molar-refractivity contribution >= 4 is 35.9 Å². The summed E-state index contributed by atoms with van der Waals surface area (Å²) in [5, 5.41) is 11.4. The highest BCUT2D eigenvalue weighted by Crippen LogP contribution is 2.10. The van der Waals surface area contributed by atoms with Gasteiger partial charge in [-0.15, -0.1) is 12.4 Å². The van der Waals surface area contributed by atoms with Gasteiger partial charge in [0.1, 0.15) is 6.54 Å². The Bertz CT molecular complexity index is 423. The van der Waals surface area contributed by atoms with Gasteiger partial charge in [0, 0.05) is 11.6 Å². The van der Waals surface area contributed by atoms with Crippen molar-refractivity contribution in [2.75, 3.05) is 20.1 Å². The summed E-state index contributed by atoms with van der Waals surface area (Å²) in [6, 6.07) is 7.34. The summed E-state index contributed by atoms with van der Waals surface area (Å²) >= 11 is 5.77. The Kier molecular flexibility index (Phi) is 8.14. The molecule has 0 aliphatic heterocycles. The Hall–Kier alpha value is -1.30. The summed E-state index contributed by atoms with van der Waals surface area (Å²) in [5.41, 5.74) is 1.04. The maximum atomic E-state index is 11.4. The molecule has 0 atom stereocenters. The fourth-order valence-corrected chi connectivity index (χ4v) is 1.56. The zero-order valence-electron chi connectivity index (χ0n) is 10.4. The fraction of sp³-hybridized carbons (Fsp3) is 0.333. The monoisotopic (exact) mass is 306 g/mol. The van der Waals surface area contributed by atoms with Gasteiger partial charge in [0.15, 0.2) is 0 Å². The average Bonchev–Trinajstić information content (AvgIpc) is 2.29. The molecule has 19 heavy (non-hydrogen) atoms. The molecule has 5 nitrogen and oxygen atoms in total. The van der Waals surface area contributed by atoms with Crippen LogP contribution in [0.4, 0.5) is 0 Å². The lowest BCUT2D eigenvalue weighted by atomic mass is 10.2. The number of carbonyl (C=O) groups is 2. The van der Waals surface area contributed by atoms with E-state index in [0.29, 0.717) is 11.6 Å². The molecule has 0 aliphatic carbocycles. The van der Waals surface area contributed by atoms with Crippen LogP contribution in [0.25, 0.3) is 0 Å². The Morgan fingerprint density at radius 2 is 1.89 bits per heavy atom. The van der Waals surface area contributed by atoms with E-state index in [1.807, 2.05) is 12.1 Å². The molecule has 0 aromatic heterocycles. The first kappa shape index (κ1) is 17.7. The number of amides is 1. The van der Waals surface area contributed by atoms with Crippen LogP contribution in [0.15, 0.2) is 24.3 Å². The van der Waals surface area contributed by atoms with E-state index < -0.39 is 5.97 Å². The molecule has 0 spiro atoms. The Labute approximate surface area is 123 Å². The average molecular weight is 307 g/mol. The minimum Gasteiger partial charge on any atom is -0.480 e. The number of carbonyl (C=O) groups excluding carboxylic acids is 1. The molecule has 7 heteroatoms. The van der Waals surface area contributed by atoms with Crippen molar-refractivity contribution < 1.29 is 14.7 Å². The lowest BCUT2D eigenvalue weighted by molar-refractivity contribution is -0.138. The van der Waals surface area contributed by atoms with E-state index in [2.05, 4.69) is 5.32 Å². The van der Waals surface area contributed by atoms with Crippen LogP contribution in [-0.4, -0.2) is 42.0 Å². The summed E-state index contributed by atoms with van der Waals surface area (Å²) in [6.07, 6.45) is 0. The molecular formula is C12H16Cl2N2O3. The van der Waals surface area contributed by atoms with Gasteiger partial charge in [-0.2, -0.15) is 0 Å². The van der Waals surface area contributed by atoms with Crippen LogP contribution >= 0.6 is 24.0 Å². The van der Waals surface area contributed by atoms with Gasteiger partial charge in [-0.25, -0.2) is 0 Å². The van der Waals surface area contributed by atoms with E-state index >= 15 is 0 Å². The van der Waals surface area contributed by atoms with E-state index in [1.54, 1.807) is 24.1 Å². The molecule has 0 fully saturated rings. The van der Waals surface area contributed by atoms with Gasteiger partial charge in [0.05, 0.1) is 6.54 Å². The number of aliphatic carboxylic acids is 1. The molecule has 106 valence electrons. The molecule has 0 radical (unpaired) electrons. The summed E-state index contributed by atoms with van der Waals surface area (Å²) in [7, 11) is 1.79. The van der Waals surface area contributed by atoms with Gasteiger partial charge in [-0.05, 0) is 24.7 Å². The van der Waals surface area contributed by atoms with E-state index in [4.69, 9.17) is 16.7 Å². The minimum atomic E-state index is -1.05. The number of hydrogen-bond donors (Lipinski definition) is 2. The SMILES string of the molecule is CN(CC(=O)NCC(=O)O)Cc1ccc(Cl)cc1.Cl. The van der Waals surface area contributed by atoms with Crippen molar-refractivity contribution in [3.63, 3.8) is 0 Å². The molecule has 0 saturated carbocycles. The molecule has 0 heterocycles. The number of nitrogens with zero attached hydrogens (tertiary/aromatic N) is 1. The molecule has 2 N–H and O–H groups in total. The second-order valence-electron chi connectivity index (χ2n) is 3.97. The van der Waals surface area contributed by atoms with E-state index in [-0.39, 0.29) is 31.4 Å². The predicted octanol–water partition coefficient (Wildman–Crippen LogP) is 1.39. The molecule has 0 bridgehead atoms. The Morgan fingerprint density at radius 1 is 1.32 bits per heavy atom. The second-order valence-corrected chi connectivity index (χ2v) is 4.41. The third-order valence-corrected chi connectivity index (χ3v) is 2.47. The molecule has 1 amide bonds. The first-order valence-corrected chi connectivity index (χ1v) is 5.76. The Morgan fingerprint density at radius 3 is 2.42 bits per heavy atom. The first-order chi connectivity index (χ1) is 8.47. The zero-order valence-corrected chi connectivity index (χ0v) is 12.0. The summed E-state index contributed by atoms with van der Waals surface area (Å²) < 4.78 is 0. The van der Waals surface area contributed by atoms with Crippen molar-refractivity contribution in [2.24, 2.45) is 0 Å². The molecule has 1 aromatic rings. The molecule has 0 saturated heterocycles. The van der Waals surface area contributed by atoms with Gasteiger partial charge in [-0.3, -0.25) is 14.5 Å². The topological polar surface area (TPSA) is 69.6 Å². The third-order valence-electron chi connectivity index (χ3n) is 2.22. The van der Waals surface area contributed by atoms with Gasteiger partial charge in [0.2, 0.25) is 5.91 Å². The lowest BCUT2D eigenvalue weighted by Gasteiger charge is -2.15. The van der Waals surface area contributed by atoms with Crippen LogP contribution in [0.1, 0.15) is 5.56 Å². The molecule has 1 rings (SSSR count). The fourth-order valence-electron chi connectivity index (χ4n) is 1.43. The third kappa shape index (κ3) is 7.66. The maximum absolute atomic E-state index is 11.4. The van der Waals surface area contributed by atoms with Crippen LogP contribution in [0.5, 0.6) is 0 Å². The minimum absolute atomic E-state index is 0. The second kappa shape index (κ2) is 8.74. The standard InChI is InChI=1S/C12H15ClN2O3.ClH/c1-15(8-11(16)14-6-12(17)18)7-9-2-4-10(13)5-3-9;/h2-5H,6-8H2,1H3,(H,14,16)(H,17,18);1H. The quantitative estimate of drug-likeness (QED) is 0.833. The van der Waals surface area contributed by atoms with Crippen LogP contribution in [0, 0.1) is 0 Å². The van der Waals surface area contributed by atoms with Crippen LogP contribution < -0.4 is 5.32 Å². The summed E-state index contributed by atoms with van der Waals surface area (Å²) in [5.74, 6) is -1.36. The number of carboxylic acids is 1. The largest absolute Gasteiger partial charge is 0.480 e. The first-order valence-electron chi connectivity index (χ1n) is 5.39. The number of rotatable bonds is 6. The van der Waals surface area contributed by atoms with Crippen molar-refractivity contribution in [3.05, 3.63) is 34.9 Å². The van der Waals surface area contributed by atoms with E-state index in [0.717, 1.165) is 5.56 Å². The van der Waals surface area contributed by atoms with Crippen LogP contribution in [-0.2, 0) is 16.1 Å². The summed E-state index contributed by atoms with van der Waals surface area (Å²) in [4.78, 5) is 23.4. The van der Waals surface area contributed by atoms with Crippen molar-refractivity contribution in [3.8, 4) is 0 Å². The predicted molar refractivity (Wildman–Crippen MR) is 75.7 cm³/mol. The highest BCUT2D eigenvalue weighted by Gasteiger charge is 2.08. The molecule has 0 unspecified atom stereocenters. The van der Waals surface area contributed by atoms with Gasteiger partial charge in [-0.1, -0.05) is 23.7 Å². The van der Waals surface area contributed by atoms with Gasteiger partial charge >= 0.3 is 5.97 Å². The Balaban J connectivity index is 0.00000324. The van der Waals surface area contributed by atoms with Gasteiger partial charge in [0.25, 0.3) is 0 Å². The lowest BCUT2D eigenvalue weighted by Crippen LogP contribution is -2.37. The van der Waals surface area contributed by atoms with Gasteiger partial charge < -0.3 is 10.4 Å². The number of likely N-dealkylation sites (N-methyl/N-ethyl adjacent to an activating group) is 1. The van der Waals surface area contributed by atoms with Crippen LogP contribution in [0.3, 0.4) is 0 Å². The highest BCUT2D eigenvalue weighted by molar-refractivity contribution is 6.30. The maximum Gasteiger partial charge on any atom is 0.322 e. The molecular weight excluding hydrogens is 291 g/mol. The smallest absolute Gasteiger partial charge is 0.322 e. The molecule has 0 aliphatic rings. The van der Waals surface area contributed by atoms with Crippen molar-refractivity contribution in [1.82, 2.24) is 10.2 Å². The number of benzene rings is 1. The van der Waals surface area contributed by atoms with Crippen molar-refractivity contribution in [1.29, 1.82) is 0 Å². The number of hydrogen-bond acceptors (Lipinski definition) is 3. The zero-order chi connectivity index (χ0) is 13.5. The van der Waals surface area contributed by atoms with Crippen molar-refractivity contribution in [2.45, 2.75) is 6.54 Å². The highest BCUT2D eigenvalue weighted by atomic mass is 35.5. The summed E-state index contributed by atoms with van der Waals surface area (Å²) in [6.45, 7) is 0.390. The van der Waals surface area contributed by atoms with E-state index in [9.17, 15) is 9.59 Å². The number of nitrogens with one attached hydrogen (secondary N) is 1. The van der Waals surface area contributed by atoms with Crippen LogP contribution in [0.2, 0.25) is 5.02 Å². The van der Waals surface area contributed by atoms with E-state index in [1.165, 1.54) is 0 Å². The number of halogens is 2. The number of carboxylic acid groups (broad SMARTS) is 1. The molecule has 1 aromatic carbocycles.